The highest BCUT2D eigenvalue weighted by atomic mass is 32.2. The first-order valence-electron chi connectivity index (χ1n) is 12.6. The first-order valence-corrected chi connectivity index (χ1v) is 14.5. The van der Waals surface area contributed by atoms with Gasteiger partial charge in [0.15, 0.2) is 0 Å². The fourth-order valence-electron chi connectivity index (χ4n) is 4.00. The number of carbonyl (C=O) groups is 1. The van der Waals surface area contributed by atoms with E-state index in [1.165, 1.54) is 0 Å². The molecule has 0 atom stereocenters. The number of benzene rings is 3. The number of carbonyl (C=O) groups excluding carboxylic acids is 1. The number of nitrogens with one attached hydrogen (secondary N) is 2. The molecule has 5 aromatic rings. The molecular weight excluding hydrogens is 542 g/mol. The van der Waals surface area contributed by atoms with E-state index in [4.69, 9.17) is 9.72 Å². The summed E-state index contributed by atoms with van der Waals surface area (Å²) in [6, 6.07) is 29.4. The summed E-state index contributed by atoms with van der Waals surface area (Å²) < 4.78 is 20.5. The maximum Gasteiger partial charge on any atom is 0.410 e. The van der Waals surface area contributed by atoms with Gasteiger partial charge < -0.3 is 19.6 Å². The zero-order valence-corrected chi connectivity index (χ0v) is 23.2. The van der Waals surface area contributed by atoms with Crippen LogP contribution in [-0.2, 0) is 26.1 Å². The van der Waals surface area contributed by atoms with Gasteiger partial charge in [-0.3, -0.25) is 4.36 Å². The molecule has 5 rings (SSSR count). The van der Waals surface area contributed by atoms with Gasteiger partial charge in [0.25, 0.3) is 0 Å². The minimum atomic E-state index is -1.85. The second-order valence-corrected chi connectivity index (χ2v) is 10.6. The molecule has 2 heterocycles. The summed E-state index contributed by atoms with van der Waals surface area (Å²) in [6.45, 7) is 2.41. The van der Waals surface area contributed by atoms with Crippen molar-refractivity contribution in [3.8, 4) is 21.6 Å². The summed E-state index contributed by atoms with van der Waals surface area (Å²) in [5, 5.41) is 8.75. The molecule has 0 radical (unpaired) electrons. The van der Waals surface area contributed by atoms with E-state index in [1.807, 2.05) is 47.8 Å². The van der Waals surface area contributed by atoms with Crippen LogP contribution in [-0.4, -0.2) is 22.7 Å². The van der Waals surface area contributed by atoms with Gasteiger partial charge in [0.2, 0.25) is 5.95 Å². The molecule has 0 spiro atoms. The molecule has 202 valence electrons. The monoisotopic (exact) mass is 568 g/mol. The lowest BCUT2D eigenvalue weighted by atomic mass is 10.00. The standard InChI is InChI=1S/C30H26N5O3S2/c1-2-38-30(36)35-40(37)24-16-14-23(15-17-24)33-29-32-20-26(27-13-8-18-39-27)28(34-29)31-19-22-11-6-7-12-25(22)21-9-4-3-5-10-21/h3-18,20H,2,19H2,1H3,(H2,31,32,33,34)/q-1. The Bertz CT molecular complexity index is 1670. The third-order valence-corrected chi connectivity index (χ3v) is 7.75. The fourth-order valence-corrected chi connectivity index (χ4v) is 5.40. The van der Waals surface area contributed by atoms with E-state index in [9.17, 15) is 9.00 Å². The van der Waals surface area contributed by atoms with Crippen molar-refractivity contribution >= 4 is 45.5 Å². The highest BCUT2D eigenvalue weighted by Crippen LogP contribution is 2.32. The number of nitrogens with zero attached hydrogens (tertiary/aromatic N) is 3. The van der Waals surface area contributed by atoms with Gasteiger partial charge in [-0.2, -0.15) is 4.98 Å². The number of anilines is 3. The number of rotatable bonds is 9. The molecule has 1 amide bonds. The van der Waals surface area contributed by atoms with Crippen molar-refractivity contribution in [1.29, 1.82) is 0 Å². The minimum Gasteiger partial charge on any atom is -0.450 e. The lowest BCUT2D eigenvalue weighted by Crippen LogP contribution is -2.07. The Hall–Kier alpha value is -4.54. The van der Waals surface area contributed by atoms with Crippen molar-refractivity contribution in [3.05, 3.63) is 108 Å². The van der Waals surface area contributed by atoms with Crippen LogP contribution in [0, 0.1) is 0 Å². The maximum atomic E-state index is 12.3. The number of hydrogen-bond acceptors (Lipinski definition) is 9. The number of amides is 1. The van der Waals surface area contributed by atoms with E-state index in [0.717, 1.165) is 27.1 Å². The number of hydrogen-bond donors (Lipinski definition) is 2. The summed E-state index contributed by atoms with van der Waals surface area (Å²) in [7, 11) is -1.85. The largest absolute Gasteiger partial charge is 0.450 e. The maximum absolute atomic E-state index is 12.3. The molecule has 0 bridgehead atoms. The van der Waals surface area contributed by atoms with E-state index in [-0.39, 0.29) is 6.61 Å². The van der Waals surface area contributed by atoms with E-state index in [2.05, 4.69) is 44.2 Å². The summed E-state index contributed by atoms with van der Waals surface area (Å²) in [4.78, 5) is 22.3. The average Bonchev–Trinajstić information content (AvgIpc) is 3.52. The van der Waals surface area contributed by atoms with Crippen LogP contribution < -0.4 is 10.6 Å². The molecule has 8 nitrogen and oxygen atoms in total. The first kappa shape index (κ1) is 27.0. The average molecular weight is 569 g/mol. The summed E-state index contributed by atoms with van der Waals surface area (Å²) in [6.07, 6.45) is 0.947. The first-order chi connectivity index (χ1) is 19.6. The lowest BCUT2D eigenvalue weighted by Gasteiger charge is -2.15. The van der Waals surface area contributed by atoms with E-state index >= 15 is 0 Å². The van der Waals surface area contributed by atoms with Crippen LogP contribution in [0.2, 0.25) is 0 Å². The SMILES string of the molecule is CCOC(=O)N=[S-](=O)c1ccc(Nc2ncc(-c3cccs3)c(NCc3ccccc3-c3ccccc3)n2)cc1. The highest BCUT2D eigenvalue weighted by molar-refractivity contribution is 7.75. The van der Waals surface area contributed by atoms with Crippen LogP contribution in [0.4, 0.5) is 22.2 Å². The normalized spacial score (nSPS) is 11.6. The van der Waals surface area contributed by atoms with Crippen molar-refractivity contribution < 1.29 is 13.7 Å². The molecule has 3 aromatic carbocycles. The molecular formula is C30H26N5O3S2-. The Morgan fingerprint density at radius 2 is 1.73 bits per heavy atom. The topological polar surface area (TPSA) is 106 Å². The van der Waals surface area contributed by atoms with Crippen molar-refractivity contribution in [3.63, 3.8) is 0 Å². The van der Waals surface area contributed by atoms with Gasteiger partial charge in [0.05, 0.1) is 12.2 Å². The summed E-state index contributed by atoms with van der Waals surface area (Å²) in [5.74, 6) is 1.11. The van der Waals surface area contributed by atoms with Crippen LogP contribution in [0.5, 0.6) is 0 Å². The van der Waals surface area contributed by atoms with E-state index in [0.29, 0.717) is 28.9 Å². The summed E-state index contributed by atoms with van der Waals surface area (Å²) >= 11 is 1.62. The number of thiophene rings is 1. The second-order valence-electron chi connectivity index (χ2n) is 8.50. The zero-order valence-electron chi connectivity index (χ0n) is 21.6. The van der Waals surface area contributed by atoms with E-state index < -0.39 is 16.7 Å². The third-order valence-electron chi connectivity index (χ3n) is 5.86. The Labute approximate surface area is 238 Å². The third kappa shape index (κ3) is 6.71. The molecule has 2 aromatic heterocycles. The van der Waals surface area contributed by atoms with Crippen LogP contribution in [0.15, 0.2) is 112 Å². The van der Waals surface area contributed by atoms with Crippen LogP contribution in [0.25, 0.3) is 21.6 Å². The highest BCUT2D eigenvalue weighted by Gasteiger charge is 2.12. The Morgan fingerprint density at radius 3 is 2.48 bits per heavy atom. The van der Waals surface area contributed by atoms with Crippen molar-refractivity contribution in [2.24, 2.45) is 4.36 Å². The molecule has 0 saturated carbocycles. The molecule has 40 heavy (non-hydrogen) atoms. The van der Waals surface area contributed by atoms with Gasteiger partial charge in [0.1, 0.15) is 5.82 Å². The van der Waals surface area contributed by atoms with Gasteiger partial charge in [-0.25, -0.2) is 9.78 Å². The van der Waals surface area contributed by atoms with Gasteiger partial charge >= 0.3 is 6.09 Å². The molecule has 0 aliphatic carbocycles. The van der Waals surface area contributed by atoms with Crippen molar-refractivity contribution in [2.75, 3.05) is 17.2 Å². The lowest BCUT2D eigenvalue weighted by molar-refractivity contribution is 0.164. The molecule has 0 unspecified atom stereocenters. The van der Waals surface area contributed by atoms with Crippen LogP contribution in [0.3, 0.4) is 0 Å². The van der Waals surface area contributed by atoms with Gasteiger partial charge in [-0.15, -0.1) is 21.9 Å². The number of ether oxygens (including phenoxy) is 1. The molecule has 0 fully saturated rings. The van der Waals surface area contributed by atoms with Crippen LogP contribution >= 0.6 is 11.3 Å². The Kier molecular flexibility index (Phi) is 8.79. The molecule has 0 aliphatic heterocycles. The van der Waals surface area contributed by atoms with Crippen LogP contribution in [0.1, 0.15) is 12.5 Å². The molecule has 0 saturated heterocycles. The fraction of sp³-hybridized carbons (Fsp3) is 0.100. The zero-order chi connectivity index (χ0) is 27.7. The smallest absolute Gasteiger partial charge is 0.410 e. The predicted molar refractivity (Wildman–Crippen MR) is 160 cm³/mol. The second kappa shape index (κ2) is 13.0. The molecule has 10 heteroatoms. The Balaban J connectivity index is 1.37. The van der Waals surface area contributed by atoms with Gasteiger partial charge in [-0.05, 0) is 47.2 Å². The Morgan fingerprint density at radius 1 is 0.950 bits per heavy atom. The minimum absolute atomic E-state index is 0.171. The van der Waals surface area contributed by atoms with Crippen molar-refractivity contribution in [2.45, 2.75) is 18.4 Å². The predicted octanol–water partition coefficient (Wildman–Crippen LogP) is 7.89. The number of aromatic nitrogens is 2. The summed E-state index contributed by atoms with van der Waals surface area (Å²) in [5.41, 5.74) is 5.07. The van der Waals surface area contributed by atoms with Crippen molar-refractivity contribution in [1.82, 2.24) is 9.97 Å². The van der Waals surface area contributed by atoms with E-state index in [1.54, 1.807) is 48.7 Å². The molecule has 0 aliphatic rings. The quantitative estimate of drug-likeness (QED) is 0.174. The molecule has 2 N–H and O–H groups in total. The van der Waals surface area contributed by atoms with Gasteiger partial charge in [0, 0.05) is 23.3 Å². The van der Waals surface area contributed by atoms with Gasteiger partial charge in [-0.1, -0.05) is 77.7 Å².